The predicted octanol–water partition coefficient (Wildman–Crippen LogP) is 1.32. The van der Waals surface area contributed by atoms with Crippen LogP contribution in [0.2, 0.25) is 0 Å². The van der Waals surface area contributed by atoms with Crippen molar-refractivity contribution in [2.45, 2.75) is 13.8 Å². The highest BCUT2D eigenvalue weighted by atomic mass is 16.2. The summed E-state index contributed by atoms with van der Waals surface area (Å²) in [5, 5.41) is 5.28. The lowest BCUT2D eigenvalue weighted by atomic mass is 10.1. The fraction of sp³-hybridized carbons (Fsp3) is 0.533. The van der Waals surface area contributed by atoms with E-state index in [4.69, 9.17) is 0 Å². The number of hydrazine groups is 1. The van der Waals surface area contributed by atoms with E-state index >= 15 is 0 Å². The Bertz CT molecular complexity index is 467. The molecule has 0 radical (unpaired) electrons. The summed E-state index contributed by atoms with van der Waals surface area (Å²) in [6, 6.07) is 5.78. The molecule has 1 aliphatic heterocycles. The van der Waals surface area contributed by atoms with Crippen LogP contribution in [0.5, 0.6) is 0 Å². The first-order chi connectivity index (χ1) is 9.60. The summed E-state index contributed by atoms with van der Waals surface area (Å²) < 4.78 is 0. The summed E-state index contributed by atoms with van der Waals surface area (Å²) in [5.41, 5.74) is 5.87. The molecule has 1 amide bonds. The zero-order chi connectivity index (χ0) is 14.5. The lowest BCUT2D eigenvalue weighted by molar-refractivity contribution is 0.0662. The van der Waals surface area contributed by atoms with Gasteiger partial charge in [-0.3, -0.25) is 10.2 Å². The Morgan fingerprint density at radius 1 is 1.25 bits per heavy atom. The second kappa shape index (κ2) is 6.72. The standard InChI is InChI=1S/C15H24N4O/c1-4-16-14-6-5-13(11-12(14)2)15(20)17-19-9-7-18(3)8-10-19/h5-6,11,16H,4,7-10H2,1-3H3,(H,17,20). The average Bonchev–Trinajstić information content (AvgIpc) is 2.44. The van der Waals surface area contributed by atoms with Crippen LogP contribution in [0.4, 0.5) is 5.69 Å². The number of hydrogen-bond donors (Lipinski definition) is 2. The summed E-state index contributed by atoms with van der Waals surface area (Å²) in [6.45, 7) is 8.68. The molecule has 1 fully saturated rings. The van der Waals surface area contributed by atoms with Gasteiger partial charge in [-0.05, 0) is 44.7 Å². The largest absolute Gasteiger partial charge is 0.385 e. The minimum atomic E-state index is -0.0271. The second-order valence-electron chi connectivity index (χ2n) is 5.29. The zero-order valence-corrected chi connectivity index (χ0v) is 12.6. The van der Waals surface area contributed by atoms with E-state index in [1.807, 2.05) is 30.1 Å². The van der Waals surface area contributed by atoms with E-state index in [2.05, 4.69) is 29.6 Å². The van der Waals surface area contributed by atoms with Crippen molar-refractivity contribution in [3.05, 3.63) is 29.3 Å². The molecule has 110 valence electrons. The van der Waals surface area contributed by atoms with E-state index in [1.54, 1.807) is 0 Å². The quantitative estimate of drug-likeness (QED) is 0.871. The van der Waals surface area contributed by atoms with Crippen molar-refractivity contribution >= 4 is 11.6 Å². The fourth-order valence-corrected chi connectivity index (χ4v) is 2.32. The van der Waals surface area contributed by atoms with Gasteiger partial charge in [-0.1, -0.05) is 0 Å². The Morgan fingerprint density at radius 2 is 1.95 bits per heavy atom. The minimum absolute atomic E-state index is 0.0271. The van der Waals surface area contributed by atoms with Crippen molar-refractivity contribution in [3.8, 4) is 0 Å². The van der Waals surface area contributed by atoms with E-state index < -0.39 is 0 Å². The van der Waals surface area contributed by atoms with Gasteiger partial charge in [0.25, 0.3) is 5.91 Å². The van der Waals surface area contributed by atoms with Gasteiger partial charge in [-0.25, -0.2) is 5.01 Å². The molecule has 2 rings (SSSR count). The third-order valence-electron chi connectivity index (χ3n) is 3.62. The molecule has 0 atom stereocenters. The van der Waals surface area contributed by atoms with Crippen LogP contribution in [-0.2, 0) is 0 Å². The molecule has 0 unspecified atom stereocenters. The number of likely N-dealkylation sites (N-methyl/N-ethyl adjacent to an activating group) is 1. The highest BCUT2D eigenvalue weighted by Crippen LogP contribution is 2.16. The molecule has 2 N–H and O–H groups in total. The molecule has 1 aliphatic rings. The van der Waals surface area contributed by atoms with Gasteiger partial charge in [0.05, 0.1) is 0 Å². The first-order valence-electron chi connectivity index (χ1n) is 7.19. The van der Waals surface area contributed by atoms with Crippen LogP contribution >= 0.6 is 0 Å². The smallest absolute Gasteiger partial charge is 0.265 e. The number of nitrogens with one attached hydrogen (secondary N) is 2. The summed E-state index contributed by atoms with van der Waals surface area (Å²) in [6.07, 6.45) is 0. The Morgan fingerprint density at radius 3 is 2.55 bits per heavy atom. The number of piperazine rings is 1. The van der Waals surface area contributed by atoms with Crippen molar-refractivity contribution in [1.29, 1.82) is 0 Å². The number of hydrogen-bond acceptors (Lipinski definition) is 4. The van der Waals surface area contributed by atoms with Crippen LogP contribution in [0.25, 0.3) is 0 Å². The van der Waals surface area contributed by atoms with Crippen molar-refractivity contribution in [2.24, 2.45) is 0 Å². The molecule has 20 heavy (non-hydrogen) atoms. The third kappa shape index (κ3) is 3.71. The molecule has 1 aromatic carbocycles. The van der Waals surface area contributed by atoms with Crippen molar-refractivity contribution in [3.63, 3.8) is 0 Å². The van der Waals surface area contributed by atoms with Crippen molar-refractivity contribution < 1.29 is 4.79 Å². The predicted molar refractivity (Wildman–Crippen MR) is 81.9 cm³/mol. The maximum atomic E-state index is 12.2. The van der Waals surface area contributed by atoms with Gasteiger partial charge < -0.3 is 10.2 Å². The molecule has 0 saturated carbocycles. The number of nitrogens with zero attached hydrogens (tertiary/aromatic N) is 2. The van der Waals surface area contributed by atoms with Gasteiger partial charge in [0.15, 0.2) is 0 Å². The number of aryl methyl sites for hydroxylation is 1. The van der Waals surface area contributed by atoms with Gasteiger partial charge in [-0.15, -0.1) is 0 Å². The van der Waals surface area contributed by atoms with Crippen LogP contribution in [0.1, 0.15) is 22.8 Å². The topological polar surface area (TPSA) is 47.6 Å². The van der Waals surface area contributed by atoms with Crippen LogP contribution in [-0.4, -0.2) is 55.6 Å². The minimum Gasteiger partial charge on any atom is -0.385 e. The highest BCUT2D eigenvalue weighted by molar-refractivity contribution is 5.94. The average molecular weight is 276 g/mol. The lowest BCUT2D eigenvalue weighted by Crippen LogP contribution is -2.52. The molecule has 0 spiro atoms. The van der Waals surface area contributed by atoms with Crippen LogP contribution in [0.15, 0.2) is 18.2 Å². The summed E-state index contributed by atoms with van der Waals surface area (Å²) in [7, 11) is 2.10. The number of benzene rings is 1. The van der Waals surface area contributed by atoms with E-state index in [1.165, 1.54) is 0 Å². The molecular formula is C15H24N4O. The molecular weight excluding hydrogens is 252 g/mol. The van der Waals surface area contributed by atoms with Crippen molar-refractivity contribution in [1.82, 2.24) is 15.3 Å². The van der Waals surface area contributed by atoms with E-state index in [-0.39, 0.29) is 5.91 Å². The summed E-state index contributed by atoms with van der Waals surface area (Å²) >= 11 is 0. The van der Waals surface area contributed by atoms with Crippen LogP contribution < -0.4 is 10.7 Å². The van der Waals surface area contributed by atoms with Crippen molar-refractivity contribution in [2.75, 3.05) is 45.1 Å². The lowest BCUT2D eigenvalue weighted by Gasteiger charge is -2.32. The van der Waals surface area contributed by atoms with Gasteiger partial charge in [0.2, 0.25) is 0 Å². The van der Waals surface area contributed by atoms with Gasteiger partial charge >= 0.3 is 0 Å². The van der Waals surface area contributed by atoms with Crippen LogP contribution in [0, 0.1) is 6.92 Å². The maximum absolute atomic E-state index is 12.2. The second-order valence-corrected chi connectivity index (χ2v) is 5.29. The molecule has 0 aliphatic carbocycles. The Labute approximate surface area is 120 Å². The Kier molecular flexibility index (Phi) is 4.98. The number of carbonyl (C=O) groups is 1. The van der Waals surface area contributed by atoms with E-state index in [0.29, 0.717) is 5.56 Å². The molecule has 5 nitrogen and oxygen atoms in total. The molecule has 0 aromatic heterocycles. The molecule has 5 heteroatoms. The van der Waals surface area contributed by atoms with E-state index in [9.17, 15) is 4.79 Å². The summed E-state index contributed by atoms with van der Waals surface area (Å²) in [5.74, 6) is -0.0271. The maximum Gasteiger partial charge on any atom is 0.265 e. The van der Waals surface area contributed by atoms with Gasteiger partial charge in [0, 0.05) is 44.0 Å². The Balaban J connectivity index is 1.97. The van der Waals surface area contributed by atoms with Gasteiger partial charge in [-0.2, -0.15) is 0 Å². The molecule has 1 saturated heterocycles. The SMILES string of the molecule is CCNc1ccc(C(=O)NN2CCN(C)CC2)cc1C. The first-order valence-corrected chi connectivity index (χ1v) is 7.19. The van der Waals surface area contributed by atoms with Gasteiger partial charge in [0.1, 0.15) is 0 Å². The molecule has 1 aromatic rings. The number of rotatable bonds is 4. The normalized spacial score (nSPS) is 16.9. The molecule has 1 heterocycles. The first kappa shape index (κ1) is 14.8. The van der Waals surface area contributed by atoms with E-state index in [0.717, 1.165) is 44.0 Å². The fourth-order valence-electron chi connectivity index (χ4n) is 2.32. The Hall–Kier alpha value is -1.59. The monoisotopic (exact) mass is 276 g/mol. The highest BCUT2D eigenvalue weighted by Gasteiger charge is 2.16. The number of amides is 1. The summed E-state index contributed by atoms with van der Waals surface area (Å²) in [4.78, 5) is 14.5. The number of anilines is 1. The number of carbonyl (C=O) groups excluding carboxylic acids is 1. The molecule has 0 bridgehead atoms. The van der Waals surface area contributed by atoms with Crippen LogP contribution in [0.3, 0.4) is 0 Å². The third-order valence-corrected chi connectivity index (χ3v) is 3.62. The zero-order valence-electron chi connectivity index (χ0n) is 12.6.